The molecule has 3 aromatic rings. The Morgan fingerprint density at radius 1 is 1.37 bits per heavy atom. The van der Waals surface area contributed by atoms with Crippen molar-refractivity contribution >= 4 is 39.6 Å². The van der Waals surface area contributed by atoms with Gasteiger partial charge in [-0.1, -0.05) is 18.0 Å². The molecule has 1 unspecified atom stereocenters. The number of hydrogen-bond donors (Lipinski definition) is 2. The molecule has 1 aromatic carbocycles. The highest BCUT2D eigenvalue weighted by atomic mass is 35.5. The number of benzene rings is 1. The van der Waals surface area contributed by atoms with Crippen molar-refractivity contribution in [2.75, 3.05) is 17.2 Å². The molecule has 1 aliphatic carbocycles. The highest BCUT2D eigenvalue weighted by Crippen LogP contribution is 2.39. The molecule has 3 heterocycles. The molecule has 0 spiro atoms. The lowest BCUT2D eigenvalue weighted by molar-refractivity contribution is 0.189. The van der Waals surface area contributed by atoms with Crippen LogP contribution in [-0.2, 0) is 7.05 Å². The number of hydrogen-bond acceptors (Lipinski definition) is 6. The minimum atomic E-state index is -0.148. The summed E-state index contributed by atoms with van der Waals surface area (Å²) in [5.74, 6) is 0.943. The Balaban J connectivity index is 1.60. The number of pyridine rings is 2. The van der Waals surface area contributed by atoms with Gasteiger partial charge in [0, 0.05) is 24.3 Å². The summed E-state index contributed by atoms with van der Waals surface area (Å²) in [5, 5.41) is 17.3. The minimum Gasteiger partial charge on any atom is -0.484 e. The molecule has 2 N–H and O–H groups in total. The van der Waals surface area contributed by atoms with Gasteiger partial charge in [-0.15, -0.1) is 0 Å². The van der Waals surface area contributed by atoms with E-state index in [9.17, 15) is 10.1 Å². The second-order valence-corrected chi connectivity index (χ2v) is 8.17. The third kappa shape index (κ3) is 2.96. The first-order valence-corrected chi connectivity index (χ1v) is 10.3. The van der Waals surface area contributed by atoms with Gasteiger partial charge < -0.3 is 19.9 Å². The fraction of sp³-hybridized carbons (Fsp3) is 0.318. The largest absolute Gasteiger partial charge is 0.484 e. The maximum atomic E-state index is 12.8. The first kappa shape index (κ1) is 18.8. The maximum Gasteiger partial charge on any atom is 0.295 e. The lowest BCUT2D eigenvalue weighted by atomic mass is 9.79. The summed E-state index contributed by atoms with van der Waals surface area (Å²) < 4.78 is 7.54. The van der Waals surface area contributed by atoms with Crippen molar-refractivity contribution in [2.45, 2.75) is 25.3 Å². The van der Waals surface area contributed by atoms with Crippen LogP contribution in [0.4, 0.5) is 17.1 Å². The molecule has 2 aliphatic rings. The summed E-state index contributed by atoms with van der Waals surface area (Å²) in [5.41, 5.74) is 3.04. The van der Waals surface area contributed by atoms with Crippen molar-refractivity contribution in [3.8, 4) is 11.8 Å². The second kappa shape index (κ2) is 7.22. The molecule has 1 saturated carbocycles. The minimum absolute atomic E-state index is 0.148. The fourth-order valence-electron chi connectivity index (χ4n) is 4.17. The van der Waals surface area contributed by atoms with Gasteiger partial charge in [-0.25, -0.2) is 4.98 Å². The normalized spacial score (nSPS) is 18.0. The number of aryl methyl sites for hydroxylation is 1. The predicted octanol–water partition coefficient (Wildman–Crippen LogP) is 4.18. The number of anilines is 3. The van der Waals surface area contributed by atoms with E-state index in [0.717, 1.165) is 22.3 Å². The lowest BCUT2D eigenvalue weighted by Gasteiger charge is -2.38. The van der Waals surface area contributed by atoms with Crippen molar-refractivity contribution in [2.24, 2.45) is 13.0 Å². The van der Waals surface area contributed by atoms with Gasteiger partial charge in [0.25, 0.3) is 5.56 Å². The molecule has 0 amide bonds. The summed E-state index contributed by atoms with van der Waals surface area (Å²) in [6.45, 7) is 0.511. The molecule has 2 aromatic heterocycles. The molecule has 0 bridgehead atoms. The zero-order valence-corrected chi connectivity index (χ0v) is 17.2. The van der Waals surface area contributed by atoms with E-state index in [0.29, 0.717) is 24.0 Å². The molecule has 152 valence electrons. The molecular weight excluding hydrogens is 402 g/mol. The SMILES string of the molecule is Cn1c(=O)c2c(c3cc(Nc4ccnc(Cl)c4C#N)ccc31)NC(C1CCC1)CO2. The van der Waals surface area contributed by atoms with E-state index in [1.54, 1.807) is 23.9 Å². The maximum absolute atomic E-state index is 12.8. The van der Waals surface area contributed by atoms with Crippen LogP contribution in [0.25, 0.3) is 10.9 Å². The van der Waals surface area contributed by atoms with Crippen molar-refractivity contribution in [3.63, 3.8) is 0 Å². The van der Waals surface area contributed by atoms with Crippen LogP contribution in [0.2, 0.25) is 5.15 Å². The molecule has 7 nitrogen and oxygen atoms in total. The van der Waals surface area contributed by atoms with Gasteiger partial charge in [0.15, 0.2) is 0 Å². The Kier molecular flexibility index (Phi) is 4.52. The van der Waals surface area contributed by atoms with E-state index in [-0.39, 0.29) is 22.3 Å². The molecule has 1 aliphatic heterocycles. The van der Waals surface area contributed by atoms with E-state index in [4.69, 9.17) is 16.3 Å². The van der Waals surface area contributed by atoms with Crippen LogP contribution in [-0.4, -0.2) is 22.2 Å². The van der Waals surface area contributed by atoms with Gasteiger partial charge in [-0.05, 0) is 43.0 Å². The van der Waals surface area contributed by atoms with Gasteiger partial charge in [-0.3, -0.25) is 4.79 Å². The van der Waals surface area contributed by atoms with Gasteiger partial charge in [0.1, 0.15) is 23.4 Å². The molecule has 0 saturated heterocycles. The monoisotopic (exact) mass is 421 g/mol. The van der Waals surface area contributed by atoms with Crippen LogP contribution in [0.3, 0.4) is 0 Å². The zero-order chi connectivity index (χ0) is 20.8. The van der Waals surface area contributed by atoms with Crippen molar-refractivity contribution in [1.82, 2.24) is 9.55 Å². The Labute approximate surface area is 178 Å². The van der Waals surface area contributed by atoms with Crippen molar-refractivity contribution in [1.29, 1.82) is 5.26 Å². The number of nitrogens with one attached hydrogen (secondary N) is 2. The second-order valence-electron chi connectivity index (χ2n) is 7.81. The quantitative estimate of drug-likeness (QED) is 0.616. The average Bonchev–Trinajstić information content (AvgIpc) is 2.71. The Morgan fingerprint density at radius 2 is 2.20 bits per heavy atom. The molecule has 1 fully saturated rings. The molecule has 1 atom stereocenters. The summed E-state index contributed by atoms with van der Waals surface area (Å²) in [6, 6.07) is 9.73. The van der Waals surface area contributed by atoms with Crippen molar-refractivity contribution < 1.29 is 4.74 Å². The first-order valence-electron chi connectivity index (χ1n) is 9.94. The lowest BCUT2D eigenvalue weighted by Crippen LogP contribution is -2.42. The van der Waals surface area contributed by atoms with Crippen LogP contribution >= 0.6 is 11.6 Å². The van der Waals surface area contributed by atoms with Gasteiger partial charge in [0.05, 0.1) is 22.9 Å². The third-order valence-corrected chi connectivity index (χ3v) is 6.39. The van der Waals surface area contributed by atoms with Crippen LogP contribution in [0.5, 0.6) is 5.75 Å². The predicted molar refractivity (Wildman–Crippen MR) is 117 cm³/mol. The van der Waals surface area contributed by atoms with Gasteiger partial charge in [0.2, 0.25) is 5.75 Å². The fourth-order valence-corrected chi connectivity index (χ4v) is 4.37. The highest BCUT2D eigenvalue weighted by Gasteiger charge is 2.33. The highest BCUT2D eigenvalue weighted by molar-refractivity contribution is 6.31. The van der Waals surface area contributed by atoms with Gasteiger partial charge >= 0.3 is 0 Å². The number of aromatic nitrogens is 2. The first-order chi connectivity index (χ1) is 14.6. The van der Waals surface area contributed by atoms with Crippen LogP contribution < -0.4 is 20.9 Å². The number of ether oxygens (including phenoxy) is 1. The topological polar surface area (TPSA) is 92.0 Å². The van der Waals surface area contributed by atoms with Crippen LogP contribution in [0.1, 0.15) is 24.8 Å². The van der Waals surface area contributed by atoms with Crippen molar-refractivity contribution in [3.05, 3.63) is 51.5 Å². The van der Waals surface area contributed by atoms with E-state index >= 15 is 0 Å². The molecule has 8 heteroatoms. The summed E-state index contributed by atoms with van der Waals surface area (Å²) in [4.78, 5) is 16.8. The summed E-state index contributed by atoms with van der Waals surface area (Å²) in [6.07, 6.45) is 5.17. The molecule has 5 rings (SSSR count). The Morgan fingerprint density at radius 3 is 2.93 bits per heavy atom. The van der Waals surface area contributed by atoms with E-state index in [1.807, 2.05) is 18.2 Å². The number of fused-ring (bicyclic) bond motifs is 3. The summed E-state index contributed by atoms with van der Waals surface area (Å²) >= 11 is 6.05. The van der Waals surface area contributed by atoms with Gasteiger partial charge in [-0.2, -0.15) is 5.26 Å². The third-order valence-electron chi connectivity index (χ3n) is 6.10. The van der Waals surface area contributed by atoms with E-state index in [1.165, 1.54) is 19.3 Å². The Hall–Kier alpha value is -3.24. The average molecular weight is 422 g/mol. The zero-order valence-electron chi connectivity index (χ0n) is 16.4. The Bertz CT molecular complexity index is 1260. The molecule has 30 heavy (non-hydrogen) atoms. The number of rotatable bonds is 3. The number of halogens is 1. The number of nitrogens with zero attached hydrogens (tertiary/aromatic N) is 3. The molecular formula is C22H20ClN5O2. The van der Waals surface area contributed by atoms with Crippen LogP contribution in [0, 0.1) is 17.2 Å². The summed E-state index contributed by atoms with van der Waals surface area (Å²) in [7, 11) is 1.75. The van der Waals surface area contributed by atoms with E-state index in [2.05, 4.69) is 21.7 Å². The standard InChI is InChI=1S/C22H20ClN5O2/c1-28-18-6-5-13(26-16-7-8-25-21(23)15(16)10-24)9-14(18)19-20(22(28)29)30-11-17(27-19)12-3-2-4-12/h5-9,12,17,27H,2-4,11H2,1H3,(H,25,26). The molecule has 0 radical (unpaired) electrons. The number of nitriles is 1. The van der Waals surface area contributed by atoms with E-state index < -0.39 is 0 Å². The smallest absolute Gasteiger partial charge is 0.295 e. The van der Waals surface area contributed by atoms with Crippen LogP contribution in [0.15, 0.2) is 35.3 Å².